The molecule has 0 spiro atoms. The van der Waals surface area contributed by atoms with Crippen LogP contribution in [-0.4, -0.2) is 19.1 Å². The number of likely N-dealkylation sites (N-methyl/N-ethyl adjacent to an activating group) is 1. The van der Waals surface area contributed by atoms with Gasteiger partial charge in [0.2, 0.25) is 5.91 Å². The number of fused-ring (bicyclic) bond motifs is 2. The monoisotopic (exact) mass is 321 g/mol. The van der Waals surface area contributed by atoms with E-state index in [1.54, 1.807) is 4.90 Å². The van der Waals surface area contributed by atoms with Gasteiger partial charge in [-0.25, -0.2) is 0 Å². The first kappa shape index (κ1) is 15.1. The minimum absolute atomic E-state index is 0.154. The number of amides is 1. The molecule has 4 rings (SSSR count). The van der Waals surface area contributed by atoms with E-state index in [9.17, 15) is 4.79 Å². The van der Waals surface area contributed by atoms with Crippen molar-refractivity contribution < 1.29 is 4.79 Å². The summed E-state index contributed by atoms with van der Waals surface area (Å²) in [7, 11) is 1.86. The molecule has 0 bridgehead atoms. The number of anilines is 3. The van der Waals surface area contributed by atoms with Gasteiger partial charge in [0.1, 0.15) is 0 Å². The fourth-order valence-electron chi connectivity index (χ4n) is 3.76. The van der Waals surface area contributed by atoms with E-state index in [1.165, 1.54) is 5.56 Å². The van der Waals surface area contributed by atoms with E-state index >= 15 is 0 Å². The van der Waals surface area contributed by atoms with E-state index in [-0.39, 0.29) is 12.1 Å². The van der Waals surface area contributed by atoms with Crippen molar-refractivity contribution in [1.82, 2.24) is 0 Å². The number of rotatable bonds is 3. The molecule has 2 N–H and O–H groups in total. The molecular formula is C20H23N3O. The molecule has 0 aromatic heterocycles. The molecule has 0 radical (unpaired) electrons. The van der Waals surface area contributed by atoms with Gasteiger partial charge in [-0.2, -0.15) is 0 Å². The van der Waals surface area contributed by atoms with Gasteiger partial charge in [0.05, 0.1) is 23.0 Å². The van der Waals surface area contributed by atoms with Crippen molar-refractivity contribution in [2.45, 2.75) is 38.3 Å². The van der Waals surface area contributed by atoms with Gasteiger partial charge in [-0.3, -0.25) is 4.79 Å². The van der Waals surface area contributed by atoms with Gasteiger partial charge in [-0.05, 0) is 49.9 Å². The lowest BCUT2D eigenvalue weighted by atomic mass is 9.86. The third-order valence-electron chi connectivity index (χ3n) is 5.23. The van der Waals surface area contributed by atoms with Crippen molar-refractivity contribution in [2.75, 3.05) is 22.6 Å². The van der Waals surface area contributed by atoms with Crippen LogP contribution in [0, 0.1) is 0 Å². The largest absolute Gasteiger partial charge is 0.364 e. The van der Waals surface area contributed by atoms with Gasteiger partial charge < -0.3 is 15.5 Å². The SMILES string of the molecule is CN1C(=O)C(C)(C)c2cc3c(cc21)NC(CCc1ccccc1)N3. The van der Waals surface area contributed by atoms with Gasteiger partial charge >= 0.3 is 0 Å². The van der Waals surface area contributed by atoms with Gasteiger partial charge in [0.25, 0.3) is 0 Å². The molecule has 0 fully saturated rings. The molecule has 0 saturated heterocycles. The summed E-state index contributed by atoms with van der Waals surface area (Å²) in [6.07, 6.45) is 2.27. The molecule has 2 heterocycles. The maximum atomic E-state index is 12.4. The maximum absolute atomic E-state index is 12.4. The highest BCUT2D eigenvalue weighted by Gasteiger charge is 2.43. The molecule has 24 heavy (non-hydrogen) atoms. The summed E-state index contributed by atoms with van der Waals surface area (Å²) in [5, 5.41) is 7.11. The minimum atomic E-state index is -0.455. The van der Waals surface area contributed by atoms with Crippen molar-refractivity contribution >= 4 is 23.0 Å². The molecule has 1 unspecified atom stereocenters. The predicted molar refractivity (Wildman–Crippen MR) is 98.7 cm³/mol. The summed E-state index contributed by atoms with van der Waals surface area (Å²) < 4.78 is 0. The lowest BCUT2D eigenvalue weighted by Crippen LogP contribution is -2.33. The number of carbonyl (C=O) groups excluding carboxylic acids is 1. The third-order valence-corrected chi connectivity index (χ3v) is 5.23. The molecule has 2 aromatic rings. The molecule has 2 aliphatic heterocycles. The van der Waals surface area contributed by atoms with Crippen LogP contribution < -0.4 is 15.5 Å². The van der Waals surface area contributed by atoms with Crippen LogP contribution in [-0.2, 0) is 16.6 Å². The standard InChI is InChI=1S/C20H23N3O/c1-20(2)14-11-15-16(12-17(14)23(3)19(20)24)22-18(21-15)10-9-13-7-5-4-6-8-13/h4-8,11-12,18,21-22H,9-10H2,1-3H3. The highest BCUT2D eigenvalue weighted by molar-refractivity contribution is 6.08. The van der Waals surface area contributed by atoms with Crippen LogP contribution in [0.3, 0.4) is 0 Å². The van der Waals surface area contributed by atoms with E-state index in [1.807, 2.05) is 27.0 Å². The highest BCUT2D eigenvalue weighted by atomic mass is 16.2. The number of benzene rings is 2. The first-order valence-corrected chi connectivity index (χ1v) is 8.50. The molecule has 124 valence electrons. The molecule has 2 aliphatic rings. The zero-order valence-corrected chi connectivity index (χ0v) is 14.4. The summed E-state index contributed by atoms with van der Waals surface area (Å²) in [5.41, 5.74) is 5.20. The van der Waals surface area contributed by atoms with Gasteiger partial charge in [-0.1, -0.05) is 30.3 Å². The Hall–Kier alpha value is -2.49. The fourth-order valence-corrected chi connectivity index (χ4v) is 3.76. The van der Waals surface area contributed by atoms with Gasteiger partial charge in [-0.15, -0.1) is 0 Å². The van der Waals surface area contributed by atoms with Crippen LogP contribution >= 0.6 is 0 Å². The zero-order chi connectivity index (χ0) is 16.9. The Morgan fingerprint density at radius 3 is 2.46 bits per heavy atom. The van der Waals surface area contributed by atoms with Gasteiger partial charge in [0.15, 0.2) is 0 Å². The molecular weight excluding hydrogens is 298 g/mol. The van der Waals surface area contributed by atoms with E-state index in [0.29, 0.717) is 0 Å². The number of hydrogen-bond acceptors (Lipinski definition) is 3. The summed E-state index contributed by atoms with van der Waals surface area (Å²) in [5.74, 6) is 0.154. The summed E-state index contributed by atoms with van der Waals surface area (Å²) in [6.45, 7) is 4.00. The van der Waals surface area contributed by atoms with E-state index in [4.69, 9.17) is 0 Å². The predicted octanol–water partition coefficient (Wildman–Crippen LogP) is 3.74. The van der Waals surface area contributed by atoms with E-state index < -0.39 is 5.41 Å². The number of aryl methyl sites for hydroxylation is 1. The van der Waals surface area contributed by atoms with Crippen LogP contribution in [0.4, 0.5) is 17.1 Å². The molecule has 0 aliphatic carbocycles. The number of carbonyl (C=O) groups is 1. The second-order valence-electron chi connectivity index (χ2n) is 7.27. The van der Waals surface area contributed by atoms with Crippen LogP contribution in [0.25, 0.3) is 0 Å². The van der Waals surface area contributed by atoms with E-state index in [2.05, 4.69) is 47.0 Å². The second kappa shape index (κ2) is 5.26. The van der Waals surface area contributed by atoms with Crippen molar-refractivity contribution in [3.05, 3.63) is 53.6 Å². The summed E-state index contributed by atoms with van der Waals surface area (Å²) in [4.78, 5) is 14.2. The van der Waals surface area contributed by atoms with Crippen LogP contribution in [0.5, 0.6) is 0 Å². The van der Waals surface area contributed by atoms with Crippen LogP contribution in [0.1, 0.15) is 31.4 Å². The Kier molecular flexibility index (Phi) is 3.30. The molecule has 0 saturated carbocycles. The average Bonchev–Trinajstić information content (AvgIpc) is 3.06. The van der Waals surface area contributed by atoms with Crippen LogP contribution in [0.15, 0.2) is 42.5 Å². The maximum Gasteiger partial charge on any atom is 0.236 e. The lowest BCUT2D eigenvalue weighted by molar-refractivity contribution is -0.121. The van der Waals surface area contributed by atoms with Crippen molar-refractivity contribution in [3.8, 4) is 0 Å². The second-order valence-corrected chi connectivity index (χ2v) is 7.27. The molecule has 4 nitrogen and oxygen atoms in total. The van der Waals surface area contributed by atoms with Crippen molar-refractivity contribution in [3.63, 3.8) is 0 Å². The lowest BCUT2D eigenvalue weighted by Gasteiger charge is -2.16. The molecule has 2 aromatic carbocycles. The molecule has 4 heteroatoms. The Labute approximate surface area is 142 Å². The van der Waals surface area contributed by atoms with E-state index in [0.717, 1.165) is 35.5 Å². The van der Waals surface area contributed by atoms with Crippen molar-refractivity contribution in [2.24, 2.45) is 0 Å². The Morgan fingerprint density at radius 2 is 1.75 bits per heavy atom. The number of hydrogen-bond donors (Lipinski definition) is 2. The zero-order valence-electron chi connectivity index (χ0n) is 14.4. The van der Waals surface area contributed by atoms with Gasteiger partial charge in [0, 0.05) is 12.7 Å². The number of nitrogens with one attached hydrogen (secondary N) is 2. The normalized spacial score (nSPS) is 20.4. The minimum Gasteiger partial charge on any atom is -0.364 e. The quantitative estimate of drug-likeness (QED) is 0.905. The smallest absolute Gasteiger partial charge is 0.236 e. The first-order valence-electron chi connectivity index (χ1n) is 8.50. The number of nitrogens with zero attached hydrogens (tertiary/aromatic N) is 1. The Bertz CT molecular complexity index is 798. The topological polar surface area (TPSA) is 44.4 Å². The Morgan fingerprint density at radius 1 is 1.08 bits per heavy atom. The third kappa shape index (κ3) is 2.25. The molecule has 1 amide bonds. The first-order chi connectivity index (χ1) is 11.5. The summed E-state index contributed by atoms with van der Waals surface area (Å²) in [6, 6.07) is 14.8. The molecule has 1 atom stereocenters. The summed E-state index contributed by atoms with van der Waals surface area (Å²) >= 11 is 0. The van der Waals surface area contributed by atoms with Crippen LogP contribution in [0.2, 0.25) is 0 Å². The Balaban J connectivity index is 1.53. The van der Waals surface area contributed by atoms with Crippen molar-refractivity contribution in [1.29, 1.82) is 0 Å². The average molecular weight is 321 g/mol. The highest BCUT2D eigenvalue weighted by Crippen LogP contribution is 2.46. The fraction of sp³-hybridized carbons (Fsp3) is 0.350.